The first-order valence-corrected chi connectivity index (χ1v) is 10.5. The Kier molecular flexibility index (Phi) is 6.59. The molecule has 1 aliphatic rings. The SMILES string of the molecule is COC(=O)c1sc(-c2cccc(CN(C(C)=O)C3CC3)c2)c(Br)c1OCC(=O)O. The summed E-state index contributed by atoms with van der Waals surface area (Å²) in [4.78, 5) is 37.7. The van der Waals surface area contributed by atoms with Gasteiger partial charge >= 0.3 is 11.9 Å². The van der Waals surface area contributed by atoms with Gasteiger partial charge in [-0.05, 0) is 46.0 Å². The van der Waals surface area contributed by atoms with Gasteiger partial charge in [0.25, 0.3) is 0 Å². The highest BCUT2D eigenvalue weighted by atomic mass is 79.9. The van der Waals surface area contributed by atoms with Gasteiger partial charge in [-0.3, -0.25) is 4.79 Å². The van der Waals surface area contributed by atoms with E-state index in [-0.39, 0.29) is 16.5 Å². The molecule has 1 heterocycles. The zero-order valence-electron chi connectivity index (χ0n) is 15.9. The van der Waals surface area contributed by atoms with Crippen molar-refractivity contribution in [1.82, 2.24) is 4.90 Å². The van der Waals surface area contributed by atoms with E-state index in [9.17, 15) is 14.4 Å². The zero-order chi connectivity index (χ0) is 21.1. The van der Waals surface area contributed by atoms with Gasteiger partial charge in [0.15, 0.2) is 17.2 Å². The van der Waals surface area contributed by atoms with Crippen molar-refractivity contribution in [2.45, 2.75) is 32.4 Å². The van der Waals surface area contributed by atoms with Crippen molar-refractivity contribution < 1.29 is 29.0 Å². The fraction of sp³-hybridized carbons (Fsp3) is 0.350. The summed E-state index contributed by atoms with van der Waals surface area (Å²) in [6, 6.07) is 7.99. The largest absolute Gasteiger partial charge is 0.479 e. The molecule has 154 valence electrons. The molecule has 0 spiro atoms. The predicted molar refractivity (Wildman–Crippen MR) is 111 cm³/mol. The summed E-state index contributed by atoms with van der Waals surface area (Å²) in [5.74, 6) is -1.55. The lowest BCUT2D eigenvalue weighted by molar-refractivity contribution is -0.139. The minimum Gasteiger partial charge on any atom is -0.479 e. The Hall–Kier alpha value is -2.39. The normalized spacial score (nSPS) is 13.1. The van der Waals surface area contributed by atoms with Crippen molar-refractivity contribution in [2.24, 2.45) is 0 Å². The van der Waals surface area contributed by atoms with Crippen molar-refractivity contribution in [3.05, 3.63) is 39.2 Å². The number of nitrogens with zero attached hydrogens (tertiary/aromatic N) is 1. The number of carboxylic acid groups (broad SMARTS) is 1. The van der Waals surface area contributed by atoms with Crippen LogP contribution in [0.15, 0.2) is 28.7 Å². The monoisotopic (exact) mass is 481 g/mol. The highest BCUT2D eigenvalue weighted by Gasteiger charge is 2.31. The fourth-order valence-electron chi connectivity index (χ4n) is 2.96. The van der Waals surface area contributed by atoms with Gasteiger partial charge in [0.1, 0.15) is 0 Å². The number of thiophene rings is 1. The molecule has 1 fully saturated rings. The molecule has 0 aliphatic heterocycles. The summed E-state index contributed by atoms with van der Waals surface area (Å²) in [6.07, 6.45) is 2.06. The quantitative estimate of drug-likeness (QED) is 0.573. The van der Waals surface area contributed by atoms with E-state index >= 15 is 0 Å². The van der Waals surface area contributed by atoms with E-state index < -0.39 is 18.5 Å². The summed E-state index contributed by atoms with van der Waals surface area (Å²) in [6.45, 7) is 1.52. The number of halogens is 1. The van der Waals surface area contributed by atoms with Crippen molar-refractivity contribution in [3.63, 3.8) is 0 Å². The second kappa shape index (κ2) is 8.96. The molecule has 3 rings (SSSR count). The Morgan fingerprint density at radius 2 is 2.03 bits per heavy atom. The topological polar surface area (TPSA) is 93.1 Å². The van der Waals surface area contributed by atoms with Crippen LogP contribution >= 0.6 is 27.3 Å². The molecule has 0 unspecified atom stereocenters. The standard InChI is InChI=1S/C20H20BrNO6S/c1-11(23)22(14-6-7-14)9-12-4-3-5-13(8-12)18-16(21)17(28-10-15(24)25)19(29-18)20(26)27-2/h3-5,8,14H,6-7,9-10H2,1-2H3,(H,24,25). The highest BCUT2D eigenvalue weighted by molar-refractivity contribution is 9.10. The molecule has 1 N–H and O–H groups in total. The van der Waals surface area contributed by atoms with E-state index in [1.54, 1.807) is 6.92 Å². The van der Waals surface area contributed by atoms with E-state index in [2.05, 4.69) is 15.9 Å². The molecule has 0 saturated heterocycles. The first-order chi connectivity index (χ1) is 13.8. The minimum atomic E-state index is -1.15. The Morgan fingerprint density at radius 1 is 1.31 bits per heavy atom. The highest BCUT2D eigenvalue weighted by Crippen LogP contribution is 2.46. The number of carbonyl (C=O) groups excluding carboxylic acids is 2. The van der Waals surface area contributed by atoms with Crippen molar-refractivity contribution >= 4 is 45.1 Å². The summed E-state index contributed by atoms with van der Waals surface area (Å²) >= 11 is 4.59. The van der Waals surface area contributed by atoms with E-state index in [1.807, 2.05) is 29.2 Å². The van der Waals surface area contributed by atoms with Gasteiger partial charge in [-0.15, -0.1) is 11.3 Å². The first kappa shape index (κ1) is 21.3. The van der Waals surface area contributed by atoms with Crippen LogP contribution in [0.5, 0.6) is 5.75 Å². The van der Waals surface area contributed by atoms with Gasteiger partial charge < -0.3 is 19.5 Å². The Balaban J connectivity index is 1.94. The number of ether oxygens (including phenoxy) is 2. The maximum Gasteiger partial charge on any atom is 0.351 e. The van der Waals surface area contributed by atoms with Crippen LogP contribution in [0.25, 0.3) is 10.4 Å². The maximum absolute atomic E-state index is 12.1. The molecule has 0 atom stereocenters. The smallest absolute Gasteiger partial charge is 0.351 e. The molecule has 1 aliphatic carbocycles. The molecule has 1 aromatic heterocycles. The molecule has 0 bridgehead atoms. The lowest BCUT2D eigenvalue weighted by atomic mass is 10.1. The molecule has 9 heteroatoms. The number of aliphatic carboxylic acids is 1. The van der Waals surface area contributed by atoms with Gasteiger partial charge in [-0.1, -0.05) is 18.2 Å². The van der Waals surface area contributed by atoms with Crippen LogP contribution < -0.4 is 4.74 Å². The molecule has 1 amide bonds. The second-order valence-corrected chi connectivity index (χ2v) is 8.47. The molecule has 2 aromatic rings. The summed E-state index contributed by atoms with van der Waals surface area (Å²) in [5.41, 5.74) is 1.80. The summed E-state index contributed by atoms with van der Waals surface area (Å²) in [7, 11) is 1.26. The fourth-order valence-corrected chi connectivity index (χ4v) is 4.93. The van der Waals surface area contributed by atoms with E-state index in [1.165, 1.54) is 7.11 Å². The van der Waals surface area contributed by atoms with Gasteiger partial charge in [-0.25, -0.2) is 9.59 Å². The third-order valence-corrected chi connectivity index (χ3v) is 6.67. The Bertz CT molecular complexity index is 952. The number of benzene rings is 1. The van der Waals surface area contributed by atoms with Crippen molar-refractivity contribution in [3.8, 4) is 16.2 Å². The lowest BCUT2D eigenvalue weighted by Gasteiger charge is -2.21. The summed E-state index contributed by atoms with van der Waals surface area (Å²) in [5, 5.41) is 8.91. The second-order valence-electron chi connectivity index (χ2n) is 6.66. The number of esters is 1. The van der Waals surface area contributed by atoms with Crippen LogP contribution in [0.1, 0.15) is 35.0 Å². The lowest BCUT2D eigenvalue weighted by Crippen LogP contribution is -2.30. The van der Waals surface area contributed by atoms with E-state index in [4.69, 9.17) is 14.6 Å². The average molecular weight is 482 g/mol. The van der Waals surface area contributed by atoms with Crippen LogP contribution in [0.3, 0.4) is 0 Å². The molecule has 1 aromatic carbocycles. The van der Waals surface area contributed by atoms with Gasteiger partial charge in [-0.2, -0.15) is 0 Å². The third kappa shape index (κ3) is 4.97. The van der Waals surface area contributed by atoms with Crippen molar-refractivity contribution in [1.29, 1.82) is 0 Å². The van der Waals surface area contributed by atoms with Gasteiger partial charge in [0.2, 0.25) is 5.91 Å². The predicted octanol–water partition coefficient (Wildman–Crippen LogP) is 3.94. The van der Waals surface area contributed by atoms with Gasteiger partial charge in [0.05, 0.1) is 16.5 Å². The Labute approximate surface area is 180 Å². The number of hydrogen-bond donors (Lipinski definition) is 1. The first-order valence-electron chi connectivity index (χ1n) is 8.93. The van der Waals surface area contributed by atoms with Crippen LogP contribution in [-0.2, 0) is 20.9 Å². The number of rotatable bonds is 8. The molecule has 7 nitrogen and oxygen atoms in total. The number of carboxylic acids is 1. The van der Waals surface area contributed by atoms with E-state index in [0.717, 1.165) is 35.3 Å². The maximum atomic E-state index is 12.1. The minimum absolute atomic E-state index is 0.0486. The summed E-state index contributed by atoms with van der Waals surface area (Å²) < 4.78 is 10.6. The Morgan fingerprint density at radius 3 is 2.62 bits per heavy atom. The molecule has 0 radical (unpaired) electrons. The number of hydrogen-bond acceptors (Lipinski definition) is 6. The molecule has 29 heavy (non-hydrogen) atoms. The third-order valence-electron chi connectivity index (χ3n) is 4.45. The van der Waals surface area contributed by atoms with Crippen LogP contribution in [0, 0.1) is 0 Å². The number of methoxy groups -OCH3 is 1. The molecule has 1 saturated carbocycles. The number of carbonyl (C=O) groups is 3. The zero-order valence-corrected chi connectivity index (χ0v) is 18.3. The number of amides is 1. The van der Waals surface area contributed by atoms with Gasteiger partial charge in [0, 0.05) is 19.5 Å². The molecular weight excluding hydrogens is 462 g/mol. The van der Waals surface area contributed by atoms with E-state index in [0.29, 0.717) is 21.9 Å². The van der Waals surface area contributed by atoms with Crippen LogP contribution in [0.4, 0.5) is 0 Å². The van der Waals surface area contributed by atoms with Crippen LogP contribution in [0.2, 0.25) is 0 Å². The van der Waals surface area contributed by atoms with Crippen molar-refractivity contribution in [2.75, 3.05) is 13.7 Å². The average Bonchev–Trinajstić information content (AvgIpc) is 3.47. The van der Waals surface area contributed by atoms with Crippen LogP contribution in [-0.4, -0.2) is 47.6 Å². The molecular formula is C20H20BrNO6S.